The van der Waals surface area contributed by atoms with Crippen molar-refractivity contribution in [3.8, 4) is 0 Å². The molecule has 2 aromatic rings. The van der Waals surface area contributed by atoms with Gasteiger partial charge >= 0.3 is 0 Å². The average molecular weight is 358 g/mol. The summed E-state index contributed by atoms with van der Waals surface area (Å²) in [5.41, 5.74) is 3.04. The molecule has 1 atom stereocenters. The van der Waals surface area contributed by atoms with Gasteiger partial charge < -0.3 is 5.32 Å². The van der Waals surface area contributed by atoms with Gasteiger partial charge in [-0.1, -0.05) is 36.1 Å². The van der Waals surface area contributed by atoms with E-state index in [1.807, 2.05) is 0 Å². The molecular formula is C13H16BrN3S2. The summed E-state index contributed by atoms with van der Waals surface area (Å²) < 4.78 is 2.07. The summed E-state index contributed by atoms with van der Waals surface area (Å²) in [6, 6.07) is 6.85. The lowest BCUT2D eigenvalue weighted by atomic mass is 10.1. The van der Waals surface area contributed by atoms with Crippen LogP contribution in [0, 0.1) is 0 Å². The predicted molar refractivity (Wildman–Crippen MR) is 84.9 cm³/mol. The fraction of sp³-hybridized carbons (Fsp3) is 0.385. The molecule has 2 rings (SSSR count). The molecule has 0 aliphatic carbocycles. The van der Waals surface area contributed by atoms with Crippen molar-refractivity contribution in [3.63, 3.8) is 0 Å². The molecule has 1 heterocycles. The van der Waals surface area contributed by atoms with Gasteiger partial charge in [0.15, 0.2) is 4.34 Å². The van der Waals surface area contributed by atoms with E-state index in [2.05, 4.69) is 63.5 Å². The van der Waals surface area contributed by atoms with Gasteiger partial charge in [-0.25, -0.2) is 0 Å². The Kier molecular flexibility index (Phi) is 5.81. The van der Waals surface area contributed by atoms with Crippen molar-refractivity contribution < 1.29 is 0 Å². The number of benzene rings is 1. The van der Waals surface area contributed by atoms with Crippen LogP contribution >= 0.6 is 39.0 Å². The Morgan fingerprint density at radius 2 is 2.32 bits per heavy atom. The molecule has 0 saturated carbocycles. The molecule has 1 N–H and O–H groups in total. The molecule has 0 bridgehead atoms. The third-order valence-corrected chi connectivity index (χ3v) is 5.47. The molecule has 0 fully saturated rings. The SMILES string of the molecule is CCCNC(C)c1ccc(Sc2nncs2)c(Br)c1. The molecule has 0 radical (unpaired) electrons. The highest BCUT2D eigenvalue weighted by Crippen LogP contribution is 2.35. The summed E-state index contributed by atoms with van der Waals surface area (Å²) in [6.07, 6.45) is 1.15. The third kappa shape index (κ3) is 4.27. The van der Waals surface area contributed by atoms with E-state index in [4.69, 9.17) is 0 Å². The van der Waals surface area contributed by atoms with Crippen LogP contribution in [0.5, 0.6) is 0 Å². The number of nitrogens with one attached hydrogen (secondary N) is 1. The van der Waals surface area contributed by atoms with Crippen molar-refractivity contribution in [2.24, 2.45) is 0 Å². The average Bonchev–Trinajstić information content (AvgIpc) is 2.91. The van der Waals surface area contributed by atoms with Crippen molar-refractivity contribution in [2.75, 3.05) is 6.54 Å². The Morgan fingerprint density at radius 3 is 2.95 bits per heavy atom. The molecule has 0 amide bonds. The zero-order valence-corrected chi connectivity index (χ0v) is 14.1. The number of aromatic nitrogens is 2. The highest BCUT2D eigenvalue weighted by atomic mass is 79.9. The highest BCUT2D eigenvalue weighted by molar-refractivity contribution is 9.10. The number of rotatable bonds is 6. The molecule has 0 aliphatic heterocycles. The largest absolute Gasteiger partial charge is 0.310 e. The maximum atomic E-state index is 4.05. The van der Waals surface area contributed by atoms with E-state index in [9.17, 15) is 0 Å². The van der Waals surface area contributed by atoms with Crippen LogP contribution in [-0.4, -0.2) is 16.7 Å². The van der Waals surface area contributed by atoms with Crippen molar-refractivity contribution >= 4 is 39.0 Å². The van der Waals surface area contributed by atoms with E-state index in [0.717, 1.165) is 21.8 Å². The molecule has 0 saturated heterocycles. The Morgan fingerprint density at radius 1 is 1.47 bits per heavy atom. The first kappa shape index (κ1) is 15.0. The normalized spacial score (nSPS) is 12.6. The lowest BCUT2D eigenvalue weighted by Gasteiger charge is -2.14. The maximum absolute atomic E-state index is 4.05. The summed E-state index contributed by atoms with van der Waals surface area (Å²) in [7, 11) is 0. The zero-order valence-electron chi connectivity index (χ0n) is 10.9. The Labute approximate surface area is 130 Å². The summed E-state index contributed by atoms with van der Waals surface area (Å²) in [5.74, 6) is 0. The van der Waals surface area contributed by atoms with E-state index in [-0.39, 0.29) is 0 Å². The van der Waals surface area contributed by atoms with Crippen LogP contribution in [0.3, 0.4) is 0 Å². The van der Waals surface area contributed by atoms with E-state index in [0.29, 0.717) is 6.04 Å². The topological polar surface area (TPSA) is 37.8 Å². The Balaban J connectivity index is 2.08. The van der Waals surface area contributed by atoms with E-state index >= 15 is 0 Å². The minimum atomic E-state index is 0.372. The minimum absolute atomic E-state index is 0.372. The molecule has 1 unspecified atom stereocenters. The molecule has 102 valence electrons. The van der Waals surface area contributed by atoms with E-state index < -0.39 is 0 Å². The molecule has 1 aromatic carbocycles. The van der Waals surface area contributed by atoms with Crippen molar-refractivity contribution in [1.29, 1.82) is 0 Å². The van der Waals surface area contributed by atoms with Crippen LogP contribution in [0.25, 0.3) is 0 Å². The first-order valence-corrected chi connectivity index (χ1v) is 8.66. The van der Waals surface area contributed by atoms with Gasteiger partial charge in [0.25, 0.3) is 0 Å². The van der Waals surface area contributed by atoms with Gasteiger partial charge in [0, 0.05) is 15.4 Å². The summed E-state index contributed by atoms with van der Waals surface area (Å²) in [4.78, 5) is 1.17. The second-order valence-corrected chi connectivity index (χ2v) is 7.15. The van der Waals surface area contributed by atoms with Crippen LogP contribution in [0.15, 0.2) is 37.4 Å². The van der Waals surface area contributed by atoms with Crippen molar-refractivity contribution in [3.05, 3.63) is 33.7 Å². The fourth-order valence-electron chi connectivity index (χ4n) is 1.65. The fourth-order valence-corrected chi connectivity index (χ4v) is 3.73. The van der Waals surface area contributed by atoms with Gasteiger partial charge in [0.2, 0.25) is 0 Å². The number of nitrogens with zero attached hydrogens (tertiary/aromatic N) is 2. The number of halogens is 1. The Hall–Kier alpha value is -0.430. The molecule has 0 aliphatic rings. The van der Waals surface area contributed by atoms with Crippen LogP contribution < -0.4 is 5.32 Å². The molecule has 6 heteroatoms. The quantitative estimate of drug-likeness (QED) is 0.824. The highest BCUT2D eigenvalue weighted by Gasteiger charge is 2.09. The van der Waals surface area contributed by atoms with Gasteiger partial charge in [0.1, 0.15) is 5.51 Å². The lowest BCUT2D eigenvalue weighted by Crippen LogP contribution is -2.19. The van der Waals surface area contributed by atoms with Gasteiger partial charge in [0.05, 0.1) is 0 Å². The summed E-state index contributed by atoms with van der Waals surface area (Å²) in [6.45, 7) is 5.41. The lowest BCUT2D eigenvalue weighted by molar-refractivity contribution is 0.570. The standard InChI is InChI=1S/C13H16BrN3S2/c1-3-6-15-9(2)10-4-5-12(11(14)7-10)19-13-17-16-8-18-13/h4-5,7-9,15H,3,6H2,1-2H3. The first-order valence-electron chi connectivity index (χ1n) is 6.17. The van der Waals surface area contributed by atoms with Crippen LogP contribution in [0.1, 0.15) is 31.9 Å². The van der Waals surface area contributed by atoms with Gasteiger partial charge in [-0.2, -0.15) is 0 Å². The zero-order chi connectivity index (χ0) is 13.7. The molecule has 19 heavy (non-hydrogen) atoms. The van der Waals surface area contributed by atoms with Gasteiger partial charge in [-0.3, -0.25) is 0 Å². The molecular weight excluding hydrogens is 342 g/mol. The third-order valence-electron chi connectivity index (χ3n) is 2.69. The second kappa shape index (κ2) is 7.38. The van der Waals surface area contributed by atoms with Crippen LogP contribution in [0.4, 0.5) is 0 Å². The number of hydrogen-bond acceptors (Lipinski definition) is 5. The second-order valence-electron chi connectivity index (χ2n) is 4.17. The monoisotopic (exact) mass is 357 g/mol. The van der Waals surface area contributed by atoms with Gasteiger partial charge in [-0.05, 0) is 53.5 Å². The molecule has 1 aromatic heterocycles. The number of hydrogen-bond donors (Lipinski definition) is 1. The van der Waals surface area contributed by atoms with Crippen LogP contribution in [0.2, 0.25) is 0 Å². The summed E-state index contributed by atoms with van der Waals surface area (Å²) >= 11 is 6.83. The first-order chi connectivity index (χ1) is 9.20. The molecule has 0 spiro atoms. The smallest absolute Gasteiger partial charge is 0.178 e. The minimum Gasteiger partial charge on any atom is -0.310 e. The maximum Gasteiger partial charge on any atom is 0.178 e. The predicted octanol–water partition coefficient (Wildman–Crippen LogP) is 4.51. The Bertz CT molecular complexity index is 517. The van der Waals surface area contributed by atoms with E-state index in [1.54, 1.807) is 28.6 Å². The van der Waals surface area contributed by atoms with Gasteiger partial charge in [-0.15, -0.1) is 10.2 Å². The van der Waals surface area contributed by atoms with Crippen LogP contribution in [-0.2, 0) is 0 Å². The van der Waals surface area contributed by atoms with Crippen molar-refractivity contribution in [1.82, 2.24) is 15.5 Å². The van der Waals surface area contributed by atoms with E-state index in [1.165, 1.54) is 10.5 Å². The summed E-state index contributed by atoms with van der Waals surface area (Å²) in [5, 5.41) is 11.4. The van der Waals surface area contributed by atoms with Crippen molar-refractivity contribution in [2.45, 2.75) is 35.5 Å². The molecule has 3 nitrogen and oxygen atoms in total.